The molecule has 6 nitrogen and oxygen atoms in total. The molecular weight excluding hydrogens is 513 g/mol. The second-order valence-corrected chi connectivity index (χ2v) is 10.5. The van der Waals surface area contributed by atoms with Gasteiger partial charge in [0, 0.05) is 10.6 Å². The van der Waals surface area contributed by atoms with Gasteiger partial charge >= 0.3 is 0 Å². The van der Waals surface area contributed by atoms with Gasteiger partial charge in [-0.3, -0.25) is 9.10 Å². The first-order valence-corrected chi connectivity index (χ1v) is 13.1. The van der Waals surface area contributed by atoms with Crippen molar-refractivity contribution in [1.29, 1.82) is 0 Å². The molecule has 188 valence electrons. The lowest BCUT2D eigenvalue weighted by Gasteiger charge is -2.26. The van der Waals surface area contributed by atoms with Crippen LogP contribution < -0.4 is 9.73 Å². The third kappa shape index (κ3) is 6.22. The first-order valence-electron chi connectivity index (χ1n) is 11.3. The zero-order valence-electron chi connectivity index (χ0n) is 19.8. The molecule has 4 aromatic rings. The van der Waals surface area contributed by atoms with Crippen LogP contribution in [0.25, 0.3) is 0 Å². The van der Waals surface area contributed by atoms with Gasteiger partial charge in [-0.25, -0.2) is 18.2 Å². The second-order valence-electron chi connectivity index (χ2n) is 8.19. The van der Waals surface area contributed by atoms with E-state index in [-0.39, 0.29) is 28.3 Å². The number of carbonyl (C=O) groups excluding carboxylic acids is 1. The van der Waals surface area contributed by atoms with Crippen LogP contribution in [0.3, 0.4) is 0 Å². The lowest BCUT2D eigenvalue weighted by molar-refractivity contribution is 0.0955. The van der Waals surface area contributed by atoms with Crippen molar-refractivity contribution >= 4 is 39.4 Å². The normalized spacial score (nSPS) is 11.4. The Morgan fingerprint density at radius 3 is 2.30 bits per heavy atom. The summed E-state index contributed by atoms with van der Waals surface area (Å²) in [6.07, 6.45) is 1.18. The number of carbonyl (C=O) groups is 1. The molecule has 0 unspecified atom stereocenters. The Labute approximate surface area is 220 Å². The summed E-state index contributed by atoms with van der Waals surface area (Å²) in [7, 11) is -4.07. The standard InChI is InChI=1S/C28H23ClFN3O3S/c1-20-10-16-24(17-11-20)37(35,36)33(19-21-12-14-23(29)15-13-21)27-9-5-3-7-25(27)28(34)32-31-18-22-6-2-4-8-26(22)30/h2-18H,19H2,1H3,(H,32,34)/b31-18+. The number of aryl methyl sites for hydroxylation is 1. The number of hydrogen-bond donors (Lipinski definition) is 1. The fourth-order valence-corrected chi connectivity index (χ4v) is 5.17. The highest BCUT2D eigenvalue weighted by molar-refractivity contribution is 7.92. The van der Waals surface area contributed by atoms with E-state index in [1.807, 2.05) is 6.92 Å². The number of nitrogens with zero attached hydrogens (tertiary/aromatic N) is 2. The van der Waals surface area contributed by atoms with Gasteiger partial charge in [-0.1, -0.05) is 71.8 Å². The van der Waals surface area contributed by atoms with E-state index < -0.39 is 21.7 Å². The van der Waals surface area contributed by atoms with Crippen LogP contribution in [0.5, 0.6) is 0 Å². The van der Waals surface area contributed by atoms with Crippen molar-refractivity contribution in [3.05, 3.63) is 130 Å². The van der Waals surface area contributed by atoms with Crippen molar-refractivity contribution in [2.75, 3.05) is 4.31 Å². The number of nitrogens with one attached hydrogen (secondary N) is 1. The minimum absolute atomic E-state index is 0.0455. The molecule has 1 N–H and O–H groups in total. The Morgan fingerprint density at radius 1 is 0.946 bits per heavy atom. The van der Waals surface area contributed by atoms with E-state index in [0.717, 1.165) is 5.56 Å². The predicted molar refractivity (Wildman–Crippen MR) is 144 cm³/mol. The molecule has 4 aromatic carbocycles. The number of para-hydroxylation sites is 1. The summed E-state index contributed by atoms with van der Waals surface area (Å²) in [5.41, 5.74) is 4.39. The highest BCUT2D eigenvalue weighted by Crippen LogP contribution is 2.30. The van der Waals surface area contributed by atoms with Crippen LogP contribution in [0.15, 0.2) is 107 Å². The van der Waals surface area contributed by atoms with Gasteiger partial charge in [0.25, 0.3) is 15.9 Å². The number of sulfonamides is 1. The third-order valence-corrected chi connectivity index (χ3v) is 7.57. The van der Waals surface area contributed by atoms with E-state index in [4.69, 9.17) is 11.6 Å². The van der Waals surface area contributed by atoms with Crippen LogP contribution >= 0.6 is 11.6 Å². The smallest absolute Gasteiger partial charge is 0.267 e. The monoisotopic (exact) mass is 535 g/mol. The fourth-order valence-electron chi connectivity index (χ4n) is 3.58. The Morgan fingerprint density at radius 2 is 1.59 bits per heavy atom. The number of amides is 1. The van der Waals surface area contributed by atoms with Gasteiger partial charge in [-0.05, 0) is 55.0 Å². The van der Waals surface area contributed by atoms with Crippen molar-refractivity contribution in [2.24, 2.45) is 5.10 Å². The van der Waals surface area contributed by atoms with Gasteiger partial charge in [0.1, 0.15) is 5.82 Å². The Kier molecular flexibility index (Phi) is 8.01. The van der Waals surface area contributed by atoms with Crippen LogP contribution in [0.2, 0.25) is 5.02 Å². The van der Waals surface area contributed by atoms with Crippen LogP contribution in [0.4, 0.5) is 10.1 Å². The zero-order valence-corrected chi connectivity index (χ0v) is 21.4. The highest BCUT2D eigenvalue weighted by Gasteiger charge is 2.28. The maximum Gasteiger partial charge on any atom is 0.273 e. The van der Waals surface area contributed by atoms with Gasteiger partial charge in [0.2, 0.25) is 0 Å². The summed E-state index contributed by atoms with van der Waals surface area (Å²) in [4.78, 5) is 13.2. The molecule has 0 aliphatic carbocycles. The lowest BCUT2D eigenvalue weighted by atomic mass is 10.1. The predicted octanol–water partition coefficient (Wildman–Crippen LogP) is 5.95. The zero-order chi connectivity index (χ0) is 26.4. The largest absolute Gasteiger partial charge is 0.273 e. The molecule has 0 aliphatic rings. The van der Waals surface area contributed by atoms with E-state index in [1.165, 1.54) is 40.9 Å². The third-order valence-electron chi connectivity index (χ3n) is 5.54. The van der Waals surface area contributed by atoms with Crippen molar-refractivity contribution < 1.29 is 17.6 Å². The highest BCUT2D eigenvalue weighted by atomic mass is 35.5. The molecule has 0 bridgehead atoms. The molecule has 0 atom stereocenters. The van der Waals surface area contributed by atoms with E-state index in [1.54, 1.807) is 66.7 Å². The minimum atomic E-state index is -4.07. The second kappa shape index (κ2) is 11.4. The number of hydrogen-bond acceptors (Lipinski definition) is 4. The average Bonchev–Trinajstić information content (AvgIpc) is 2.89. The Balaban J connectivity index is 1.72. The van der Waals surface area contributed by atoms with Crippen LogP contribution in [-0.4, -0.2) is 20.5 Å². The van der Waals surface area contributed by atoms with Crippen molar-refractivity contribution in [1.82, 2.24) is 5.43 Å². The summed E-state index contributed by atoms with van der Waals surface area (Å²) in [6, 6.07) is 25.6. The lowest BCUT2D eigenvalue weighted by Crippen LogP contribution is -2.33. The molecule has 0 spiro atoms. The molecule has 9 heteroatoms. The summed E-state index contributed by atoms with van der Waals surface area (Å²) < 4.78 is 42.7. The Bertz CT molecular complexity index is 1540. The van der Waals surface area contributed by atoms with Gasteiger partial charge in [0.05, 0.1) is 28.9 Å². The molecule has 0 aliphatic heterocycles. The molecule has 0 saturated heterocycles. The van der Waals surface area contributed by atoms with Crippen molar-refractivity contribution in [3.63, 3.8) is 0 Å². The maximum absolute atomic E-state index is 13.9. The van der Waals surface area contributed by atoms with Crippen molar-refractivity contribution in [2.45, 2.75) is 18.4 Å². The molecular formula is C28H23ClFN3O3S. The Hall–Kier alpha value is -4.01. The first kappa shape index (κ1) is 26.1. The maximum atomic E-state index is 13.9. The molecule has 0 saturated carbocycles. The van der Waals surface area contributed by atoms with E-state index in [2.05, 4.69) is 10.5 Å². The van der Waals surface area contributed by atoms with Gasteiger partial charge < -0.3 is 0 Å². The number of halogens is 2. The van der Waals surface area contributed by atoms with Crippen LogP contribution in [0.1, 0.15) is 27.0 Å². The minimum Gasteiger partial charge on any atom is -0.267 e. The molecule has 0 radical (unpaired) electrons. The van der Waals surface area contributed by atoms with Gasteiger partial charge in [-0.15, -0.1) is 0 Å². The van der Waals surface area contributed by atoms with E-state index in [9.17, 15) is 17.6 Å². The van der Waals surface area contributed by atoms with Gasteiger partial charge in [0.15, 0.2) is 0 Å². The van der Waals surface area contributed by atoms with Crippen molar-refractivity contribution in [3.8, 4) is 0 Å². The van der Waals surface area contributed by atoms with E-state index >= 15 is 0 Å². The van der Waals surface area contributed by atoms with Crippen LogP contribution in [0, 0.1) is 12.7 Å². The molecule has 0 heterocycles. The molecule has 0 aromatic heterocycles. The molecule has 1 amide bonds. The summed E-state index contributed by atoms with van der Waals surface area (Å²) in [5, 5.41) is 4.37. The molecule has 37 heavy (non-hydrogen) atoms. The summed E-state index contributed by atoms with van der Waals surface area (Å²) in [5.74, 6) is -1.14. The molecule has 0 fully saturated rings. The first-order chi connectivity index (χ1) is 17.8. The molecule has 4 rings (SSSR count). The summed E-state index contributed by atoms with van der Waals surface area (Å²) >= 11 is 6.01. The topological polar surface area (TPSA) is 78.8 Å². The number of rotatable bonds is 8. The van der Waals surface area contributed by atoms with Gasteiger partial charge in [-0.2, -0.15) is 5.10 Å². The number of hydrazone groups is 1. The number of benzene rings is 4. The van der Waals surface area contributed by atoms with E-state index in [0.29, 0.717) is 10.6 Å². The number of anilines is 1. The van der Waals surface area contributed by atoms with Crippen LogP contribution in [-0.2, 0) is 16.6 Å². The fraction of sp³-hybridized carbons (Fsp3) is 0.0714. The quantitative estimate of drug-likeness (QED) is 0.224. The SMILES string of the molecule is Cc1ccc(S(=O)(=O)N(Cc2ccc(Cl)cc2)c2ccccc2C(=O)N/N=C/c2ccccc2F)cc1. The summed E-state index contributed by atoms with van der Waals surface area (Å²) in [6.45, 7) is 1.82. The average molecular weight is 536 g/mol.